The van der Waals surface area contributed by atoms with E-state index in [2.05, 4.69) is 16.9 Å². The van der Waals surface area contributed by atoms with Gasteiger partial charge in [0, 0.05) is 31.7 Å². The van der Waals surface area contributed by atoms with Crippen molar-refractivity contribution in [2.45, 2.75) is 26.7 Å². The summed E-state index contributed by atoms with van der Waals surface area (Å²) in [6.45, 7) is 5.65. The number of imidazole rings is 1. The van der Waals surface area contributed by atoms with Crippen molar-refractivity contribution in [2.24, 2.45) is 0 Å². The van der Waals surface area contributed by atoms with E-state index in [4.69, 9.17) is 0 Å². The number of pyridine rings is 1. The van der Waals surface area contributed by atoms with Crippen LogP contribution in [0.3, 0.4) is 0 Å². The van der Waals surface area contributed by atoms with Gasteiger partial charge in [0.05, 0.1) is 5.56 Å². The van der Waals surface area contributed by atoms with Gasteiger partial charge in [0.2, 0.25) is 0 Å². The molecule has 0 saturated carbocycles. The molecule has 2 aromatic heterocycles. The minimum absolute atomic E-state index is 0.0469. The Morgan fingerprint density at radius 1 is 1.35 bits per heavy atom. The number of hydrogen-bond acceptors (Lipinski definition) is 3. The summed E-state index contributed by atoms with van der Waals surface area (Å²) in [5.41, 5.74) is 0.631. The fourth-order valence-corrected chi connectivity index (χ4v) is 1.99. The summed E-state index contributed by atoms with van der Waals surface area (Å²) < 4.78 is 1.81. The highest BCUT2D eigenvalue weighted by molar-refractivity contribution is 5.94. The van der Waals surface area contributed by atoms with E-state index in [1.54, 1.807) is 18.7 Å². The zero-order valence-corrected chi connectivity index (χ0v) is 12.0. The molecule has 0 bridgehead atoms. The molecule has 0 saturated heterocycles. The van der Waals surface area contributed by atoms with Crippen molar-refractivity contribution >= 4 is 5.91 Å². The van der Waals surface area contributed by atoms with Crippen molar-refractivity contribution < 1.29 is 4.79 Å². The van der Waals surface area contributed by atoms with Gasteiger partial charge in [0.1, 0.15) is 12.1 Å². The molecule has 0 aliphatic carbocycles. The van der Waals surface area contributed by atoms with Crippen LogP contribution in [-0.2, 0) is 0 Å². The highest BCUT2D eigenvalue weighted by Crippen LogP contribution is 2.09. The number of carbonyl (C=O) groups excluding carboxylic acids is 1. The fraction of sp³-hybridized carbons (Fsp3) is 0.400. The third-order valence-corrected chi connectivity index (χ3v) is 3.21. The van der Waals surface area contributed by atoms with E-state index in [9.17, 15) is 4.79 Å². The van der Waals surface area contributed by atoms with E-state index in [-0.39, 0.29) is 5.91 Å². The Morgan fingerprint density at radius 2 is 2.20 bits per heavy atom. The van der Waals surface area contributed by atoms with Crippen LogP contribution < -0.4 is 0 Å². The molecule has 0 aliphatic rings. The van der Waals surface area contributed by atoms with Gasteiger partial charge in [0.15, 0.2) is 0 Å². The van der Waals surface area contributed by atoms with Crippen LogP contribution in [0.4, 0.5) is 0 Å². The second kappa shape index (κ2) is 6.84. The molecular formula is C15H20N4O. The quantitative estimate of drug-likeness (QED) is 0.812. The lowest BCUT2D eigenvalue weighted by molar-refractivity contribution is 0.0762. The van der Waals surface area contributed by atoms with E-state index in [1.807, 2.05) is 34.7 Å². The van der Waals surface area contributed by atoms with Gasteiger partial charge >= 0.3 is 0 Å². The smallest absolute Gasteiger partial charge is 0.255 e. The van der Waals surface area contributed by atoms with Crippen molar-refractivity contribution in [1.29, 1.82) is 0 Å². The van der Waals surface area contributed by atoms with Crippen molar-refractivity contribution in [1.82, 2.24) is 19.4 Å². The molecule has 0 N–H and O–H groups in total. The van der Waals surface area contributed by atoms with Crippen LogP contribution in [0.25, 0.3) is 5.82 Å². The lowest BCUT2D eigenvalue weighted by Crippen LogP contribution is -2.31. The first kappa shape index (κ1) is 14.2. The molecule has 1 amide bonds. The van der Waals surface area contributed by atoms with Crippen LogP contribution in [0, 0.1) is 0 Å². The molecule has 0 aliphatic heterocycles. The number of aromatic nitrogens is 3. The Bertz CT molecular complexity index is 534. The van der Waals surface area contributed by atoms with Gasteiger partial charge < -0.3 is 4.90 Å². The number of unbranched alkanes of at least 4 members (excludes halogenated alkanes) is 1. The molecule has 5 heteroatoms. The monoisotopic (exact) mass is 272 g/mol. The van der Waals surface area contributed by atoms with Gasteiger partial charge in [-0.25, -0.2) is 9.97 Å². The minimum Gasteiger partial charge on any atom is -0.339 e. The molecule has 5 nitrogen and oxygen atoms in total. The van der Waals surface area contributed by atoms with Gasteiger partial charge in [-0.2, -0.15) is 0 Å². The number of rotatable bonds is 6. The predicted molar refractivity (Wildman–Crippen MR) is 77.8 cm³/mol. The average Bonchev–Trinajstić information content (AvgIpc) is 3.02. The average molecular weight is 272 g/mol. The van der Waals surface area contributed by atoms with E-state index in [1.165, 1.54) is 0 Å². The molecule has 2 aromatic rings. The van der Waals surface area contributed by atoms with Crippen LogP contribution in [0.5, 0.6) is 0 Å². The Kier molecular flexibility index (Phi) is 4.87. The summed E-state index contributed by atoms with van der Waals surface area (Å²) in [4.78, 5) is 22.5. The highest BCUT2D eigenvalue weighted by Gasteiger charge is 2.13. The molecule has 0 radical (unpaired) electrons. The first-order valence-corrected chi connectivity index (χ1v) is 7.00. The number of nitrogens with zero attached hydrogens (tertiary/aromatic N) is 4. The molecule has 0 aromatic carbocycles. The van der Waals surface area contributed by atoms with Crippen LogP contribution in [0.2, 0.25) is 0 Å². The molecule has 2 heterocycles. The Hall–Kier alpha value is -2.17. The maximum atomic E-state index is 12.3. The van der Waals surface area contributed by atoms with Crippen molar-refractivity contribution in [3.05, 3.63) is 42.6 Å². The summed E-state index contributed by atoms with van der Waals surface area (Å²) in [6.07, 6.45) is 8.95. The maximum absolute atomic E-state index is 12.3. The normalized spacial score (nSPS) is 10.5. The SMILES string of the molecule is CCCCN(CC)C(=O)c1ccc(-n2ccnc2)nc1. The minimum atomic E-state index is 0.0469. The summed E-state index contributed by atoms with van der Waals surface area (Å²) in [6, 6.07) is 3.65. The fourth-order valence-electron chi connectivity index (χ4n) is 1.99. The topological polar surface area (TPSA) is 51.0 Å². The molecule has 20 heavy (non-hydrogen) atoms. The van der Waals surface area contributed by atoms with Crippen LogP contribution >= 0.6 is 0 Å². The highest BCUT2D eigenvalue weighted by atomic mass is 16.2. The first-order valence-electron chi connectivity index (χ1n) is 7.00. The molecule has 0 atom stereocenters. The maximum Gasteiger partial charge on any atom is 0.255 e. The lowest BCUT2D eigenvalue weighted by atomic mass is 10.2. The predicted octanol–water partition coefficient (Wildman–Crippen LogP) is 2.53. The Morgan fingerprint density at radius 3 is 2.75 bits per heavy atom. The third kappa shape index (κ3) is 3.23. The first-order chi connectivity index (χ1) is 9.76. The van der Waals surface area contributed by atoms with Gasteiger partial charge in [-0.15, -0.1) is 0 Å². The van der Waals surface area contributed by atoms with Gasteiger partial charge in [-0.1, -0.05) is 13.3 Å². The lowest BCUT2D eigenvalue weighted by Gasteiger charge is -2.20. The van der Waals surface area contributed by atoms with Gasteiger partial charge in [0.25, 0.3) is 5.91 Å². The Labute approximate surface area is 119 Å². The van der Waals surface area contributed by atoms with Crippen molar-refractivity contribution in [2.75, 3.05) is 13.1 Å². The second-order valence-corrected chi connectivity index (χ2v) is 4.61. The largest absolute Gasteiger partial charge is 0.339 e. The molecule has 2 rings (SSSR count). The zero-order valence-electron chi connectivity index (χ0n) is 12.0. The number of carbonyl (C=O) groups is 1. The molecule has 0 unspecified atom stereocenters. The number of hydrogen-bond donors (Lipinski definition) is 0. The van der Waals surface area contributed by atoms with Gasteiger partial charge in [-0.3, -0.25) is 9.36 Å². The summed E-state index contributed by atoms with van der Waals surface area (Å²) >= 11 is 0. The number of amides is 1. The van der Waals surface area contributed by atoms with E-state index in [0.29, 0.717) is 5.56 Å². The second-order valence-electron chi connectivity index (χ2n) is 4.61. The molecule has 0 spiro atoms. The van der Waals surface area contributed by atoms with Gasteiger partial charge in [-0.05, 0) is 25.5 Å². The van der Waals surface area contributed by atoms with E-state index in [0.717, 1.165) is 31.7 Å². The summed E-state index contributed by atoms with van der Waals surface area (Å²) in [5, 5.41) is 0. The van der Waals surface area contributed by atoms with Crippen LogP contribution in [0.15, 0.2) is 37.1 Å². The summed E-state index contributed by atoms with van der Waals surface area (Å²) in [5.74, 6) is 0.807. The van der Waals surface area contributed by atoms with Crippen LogP contribution in [-0.4, -0.2) is 38.4 Å². The van der Waals surface area contributed by atoms with Crippen molar-refractivity contribution in [3.63, 3.8) is 0 Å². The van der Waals surface area contributed by atoms with Crippen molar-refractivity contribution in [3.8, 4) is 5.82 Å². The Balaban J connectivity index is 2.10. The van der Waals surface area contributed by atoms with E-state index >= 15 is 0 Å². The summed E-state index contributed by atoms with van der Waals surface area (Å²) in [7, 11) is 0. The van der Waals surface area contributed by atoms with E-state index < -0.39 is 0 Å². The molecular weight excluding hydrogens is 252 g/mol. The third-order valence-electron chi connectivity index (χ3n) is 3.21. The van der Waals surface area contributed by atoms with Crippen LogP contribution in [0.1, 0.15) is 37.0 Å². The standard InChI is InChI=1S/C15H20N4O/c1-3-5-9-18(4-2)15(20)13-6-7-14(17-11-13)19-10-8-16-12-19/h6-8,10-12H,3-5,9H2,1-2H3. The molecule has 106 valence electrons. The zero-order chi connectivity index (χ0) is 14.4. The molecule has 0 fully saturated rings.